The van der Waals surface area contributed by atoms with Crippen LogP contribution in [0.15, 0.2) is 94.4 Å². The van der Waals surface area contributed by atoms with Crippen molar-refractivity contribution in [1.82, 2.24) is 4.98 Å². The number of anilines is 2. The summed E-state index contributed by atoms with van der Waals surface area (Å²) >= 11 is 1.34. The number of para-hydroxylation sites is 1. The molecule has 3 aromatic carbocycles. The molecule has 0 saturated heterocycles. The van der Waals surface area contributed by atoms with Crippen molar-refractivity contribution in [3.63, 3.8) is 0 Å². The number of hydrogen-bond acceptors (Lipinski definition) is 7. The summed E-state index contributed by atoms with van der Waals surface area (Å²) in [7, 11) is -2.36. The Hall–Kier alpha value is -4.22. The Balaban J connectivity index is 1.43. The van der Waals surface area contributed by atoms with E-state index in [0.717, 1.165) is 16.8 Å². The monoisotopic (exact) mass is 537 g/mol. The first-order valence-electron chi connectivity index (χ1n) is 11.0. The number of nitrogens with zero attached hydrogens (tertiary/aromatic N) is 2. The van der Waals surface area contributed by atoms with E-state index in [2.05, 4.69) is 9.71 Å². The van der Waals surface area contributed by atoms with Gasteiger partial charge in [-0.25, -0.2) is 17.8 Å². The average molecular weight is 538 g/mol. The molecule has 0 aliphatic rings. The summed E-state index contributed by atoms with van der Waals surface area (Å²) in [5, 5.41) is 0.460. The summed E-state index contributed by atoms with van der Waals surface area (Å²) in [5.41, 5.74) is 1.22. The van der Waals surface area contributed by atoms with E-state index in [1.165, 1.54) is 58.9 Å². The number of benzene rings is 3. The van der Waals surface area contributed by atoms with Gasteiger partial charge in [0.1, 0.15) is 22.8 Å². The number of aromatic nitrogens is 1. The number of halogens is 1. The quantitative estimate of drug-likeness (QED) is 0.273. The molecule has 0 bridgehead atoms. The van der Waals surface area contributed by atoms with Gasteiger partial charge in [0.25, 0.3) is 15.9 Å². The molecule has 5 rings (SSSR count). The molecule has 2 heterocycles. The number of fused-ring (bicyclic) bond motifs is 1. The normalized spacial score (nSPS) is 11.4. The lowest BCUT2D eigenvalue weighted by molar-refractivity contribution is 0.0983. The molecule has 0 aliphatic heterocycles. The summed E-state index contributed by atoms with van der Waals surface area (Å²) in [6.07, 6.45) is 1.53. The topological polar surface area (TPSA) is 102 Å². The molecule has 0 radical (unpaired) electrons. The number of carbonyl (C=O) groups excluding carboxylic acids is 1. The van der Waals surface area contributed by atoms with E-state index in [0.29, 0.717) is 27.7 Å². The Morgan fingerprint density at radius 1 is 1.05 bits per heavy atom. The third kappa shape index (κ3) is 5.18. The standard InChI is InChI=1S/C26H20FN3O5S2/c1-34-22-5-2-6-23-24(22)28-26(36-23)30(16-20-4-3-15-35-20)25(31)17-7-11-19(12-8-17)29-37(32,33)21-13-9-18(27)10-14-21/h2-15,29H,16H2,1H3. The highest BCUT2D eigenvalue weighted by atomic mass is 32.2. The number of methoxy groups -OCH3 is 1. The predicted molar refractivity (Wildman–Crippen MR) is 139 cm³/mol. The molecule has 0 atom stereocenters. The van der Waals surface area contributed by atoms with Crippen molar-refractivity contribution < 1.29 is 26.8 Å². The van der Waals surface area contributed by atoms with Crippen molar-refractivity contribution in [2.75, 3.05) is 16.7 Å². The van der Waals surface area contributed by atoms with Crippen molar-refractivity contribution in [2.24, 2.45) is 0 Å². The fourth-order valence-electron chi connectivity index (χ4n) is 3.64. The number of thiazole rings is 1. The largest absolute Gasteiger partial charge is 0.494 e. The van der Waals surface area contributed by atoms with E-state index in [-0.39, 0.29) is 23.0 Å². The first kappa shape index (κ1) is 24.5. The van der Waals surface area contributed by atoms with E-state index in [1.54, 1.807) is 25.3 Å². The van der Waals surface area contributed by atoms with Gasteiger partial charge in [0.2, 0.25) is 0 Å². The minimum atomic E-state index is -3.92. The van der Waals surface area contributed by atoms with Gasteiger partial charge in [0.05, 0.1) is 29.5 Å². The molecule has 0 saturated carbocycles. The van der Waals surface area contributed by atoms with Crippen molar-refractivity contribution >= 4 is 48.3 Å². The molecule has 0 spiro atoms. The van der Waals surface area contributed by atoms with Gasteiger partial charge in [-0.3, -0.25) is 14.4 Å². The lowest BCUT2D eigenvalue weighted by Gasteiger charge is -2.19. The number of amides is 1. The highest BCUT2D eigenvalue weighted by Crippen LogP contribution is 2.35. The average Bonchev–Trinajstić information content (AvgIpc) is 3.57. The zero-order valence-electron chi connectivity index (χ0n) is 19.4. The Labute approximate surface area is 216 Å². The lowest BCUT2D eigenvalue weighted by atomic mass is 10.2. The molecule has 188 valence electrons. The van der Waals surface area contributed by atoms with Crippen molar-refractivity contribution in [2.45, 2.75) is 11.4 Å². The van der Waals surface area contributed by atoms with E-state index >= 15 is 0 Å². The number of furan rings is 1. The molecular formula is C26H20FN3O5S2. The van der Waals surface area contributed by atoms with Crippen LogP contribution in [0.3, 0.4) is 0 Å². The molecule has 0 fully saturated rings. The highest BCUT2D eigenvalue weighted by Gasteiger charge is 2.24. The Kier molecular flexibility index (Phi) is 6.64. The molecule has 1 N–H and O–H groups in total. The fourth-order valence-corrected chi connectivity index (χ4v) is 5.68. The maximum absolute atomic E-state index is 13.6. The van der Waals surface area contributed by atoms with Crippen LogP contribution >= 0.6 is 11.3 Å². The number of rotatable bonds is 8. The second kappa shape index (κ2) is 10.0. The highest BCUT2D eigenvalue weighted by molar-refractivity contribution is 7.92. The molecule has 37 heavy (non-hydrogen) atoms. The number of ether oxygens (including phenoxy) is 1. The molecule has 8 nitrogen and oxygen atoms in total. The van der Waals surface area contributed by atoms with Gasteiger partial charge in [-0.1, -0.05) is 17.4 Å². The molecule has 1 amide bonds. The van der Waals surface area contributed by atoms with E-state index in [1.807, 2.05) is 12.1 Å². The summed E-state index contributed by atoms with van der Waals surface area (Å²) in [5.74, 6) is 0.293. The van der Waals surface area contributed by atoms with Crippen LogP contribution in [0.25, 0.3) is 10.2 Å². The minimum Gasteiger partial charge on any atom is -0.494 e. The van der Waals surface area contributed by atoms with Gasteiger partial charge in [0.15, 0.2) is 5.13 Å². The fraction of sp³-hybridized carbons (Fsp3) is 0.0769. The number of sulfonamides is 1. The van der Waals surface area contributed by atoms with Crippen LogP contribution in [-0.4, -0.2) is 26.4 Å². The molecule has 5 aromatic rings. The van der Waals surface area contributed by atoms with Gasteiger partial charge in [0, 0.05) is 11.3 Å². The first-order chi connectivity index (χ1) is 17.8. The maximum atomic E-state index is 13.6. The molecule has 2 aromatic heterocycles. The third-order valence-electron chi connectivity index (χ3n) is 5.47. The zero-order valence-corrected chi connectivity index (χ0v) is 21.1. The summed E-state index contributed by atoms with van der Waals surface area (Å²) in [6, 6.07) is 19.6. The smallest absolute Gasteiger partial charge is 0.261 e. The van der Waals surface area contributed by atoms with Crippen LogP contribution in [0, 0.1) is 5.82 Å². The van der Waals surface area contributed by atoms with Crippen molar-refractivity contribution in [3.8, 4) is 5.75 Å². The zero-order chi connectivity index (χ0) is 26.0. The minimum absolute atomic E-state index is 0.0788. The van der Waals surface area contributed by atoms with Gasteiger partial charge < -0.3 is 9.15 Å². The van der Waals surface area contributed by atoms with Crippen LogP contribution in [0.1, 0.15) is 16.1 Å². The molecular weight excluding hydrogens is 517 g/mol. The Morgan fingerprint density at radius 2 is 1.81 bits per heavy atom. The maximum Gasteiger partial charge on any atom is 0.261 e. The van der Waals surface area contributed by atoms with E-state index in [9.17, 15) is 17.6 Å². The first-order valence-corrected chi connectivity index (χ1v) is 13.3. The number of nitrogens with one attached hydrogen (secondary N) is 1. The second-order valence-corrected chi connectivity index (χ2v) is 10.6. The van der Waals surface area contributed by atoms with E-state index < -0.39 is 15.8 Å². The number of carbonyl (C=O) groups is 1. The van der Waals surface area contributed by atoms with Gasteiger partial charge in [-0.15, -0.1) is 0 Å². The summed E-state index contributed by atoms with van der Waals surface area (Å²) in [6.45, 7) is 0.146. The van der Waals surface area contributed by atoms with E-state index in [4.69, 9.17) is 9.15 Å². The van der Waals surface area contributed by atoms with Crippen molar-refractivity contribution in [3.05, 3.63) is 102 Å². The second-order valence-electron chi connectivity index (χ2n) is 7.91. The predicted octanol–water partition coefficient (Wildman–Crippen LogP) is 5.68. The summed E-state index contributed by atoms with van der Waals surface area (Å²) < 4.78 is 52.5. The molecule has 0 aliphatic carbocycles. The Bertz CT molecular complexity index is 1650. The Morgan fingerprint density at radius 3 is 2.49 bits per heavy atom. The van der Waals surface area contributed by atoms with Crippen LogP contribution < -0.4 is 14.4 Å². The van der Waals surface area contributed by atoms with Crippen LogP contribution in [0.4, 0.5) is 15.2 Å². The molecule has 0 unspecified atom stereocenters. The lowest BCUT2D eigenvalue weighted by Crippen LogP contribution is -2.30. The number of hydrogen-bond donors (Lipinski definition) is 1. The van der Waals surface area contributed by atoms with Crippen LogP contribution in [0.5, 0.6) is 5.75 Å². The third-order valence-corrected chi connectivity index (χ3v) is 7.91. The summed E-state index contributed by atoms with van der Waals surface area (Å²) in [4.78, 5) is 19.7. The van der Waals surface area contributed by atoms with Gasteiger partial charge >= 0.3 is 0 Å². The van der Waals surface area contributed by atoms with Crippen LogP contribution in [0.2, 0.25) is 0 Å². The SMILES string of the molecule is COc1cccc2sc(N(Cc3ccco3)C(=O)c3ccc(NS(=O)(=O)c4ccc(F)cc4)cc3)nc12. The molecule has 11 heteroatoms. The van der Waals surface area contributed by atoms with Gasteiger partial charge in [-0.2, -0.15) is 0 Å². The van der Waals surface area contributed by atoms with Gasteiger partial charge in [-0.05, 0) is 72.8 Å². The van der Waals surface area contributed by atoms with Crippen molar-refractivity contribution in [1.29, 1.82) is 0 Å². The van der Waals surface area contributed by atoms with Crippen LogP contribution in [-0.2, 0) is 16.6 Å².